The molecule has 1 amide bonds. The zero-order valence-electron chi connectivity index (χ0n) is 20.1. The molecule has 4 rings (SSSR count). The van der Waals surface area contributed by atoms with E-state index in [-0.39, 0.29) is 5.75 Å². The smallest absolute Gasteiger partial charge is 0.441 e. The van der Waals surface area contributed by atoms with Crippen molar-refractivity contribution >= 4 is 11.8 Å². The number of hydrogen-bond donors (Lipinski definition) is 1. The van der Waals surface area contributed by atoms with E-state index in [1.807, 2.05) is 0 Å². The van der Waals surface area contributed by atoms with Gasteiger partial charge in [0.25, 0.3) is 0 Å². The lowest BCUT2D eigenvalue weighted by Crippen LogP contribution is -2.17. The molecule has 7 nitrogen and oxygen atoms in total. The number of hydrogen-bond acceptors (Lipinski definition) is 5. The molecule has 1 unspecified atom stereocenters. The average molecular weight is 550 g/mol. The van der Waals surface area contributed by atoms with Crippen LogP contribution >= 0.6 is 0 Å². The van der Waals surface area contributed by atoms with Gasteiger partial charge in [-0.05, 0) is 72.6 Å². The van der Waals surface area contributed by atoms with Gasteiger partial charge in [-0.1, -0.05) is 19.1 Å². The summed E-state index contributed by atoms with van der Waals surface area (Å²) in [4.78, 5) is 16.6. The number of benzene rings is 3. The van der Waals surface area contributed by atoms with Crippen molar-refractivity contribution in [3.63, 3.8) is 0 Å². The fraction of sp³-hybridized carbons (Fsp3) is 0.192. The normalized spacial score (nSPS) is 12.6. The molecule has 204 valence electrons. The van der Waals surface area contributed by atoms with Crippen LogP contribution in [0, 0.1) is 0 Å². The van der Waals surface area contributed by atoms with E-state index in [2.05, 4.69) is 20.1 Å². The van der Waals surface area contributed by atoms with Gasteiger partial charge in [-0.15, -0.1) is 18.3 Å². The summed E-state index contributed by atoms with van der Waals surface area (Å²) in [5, 5.41) is 6.88. The van der Waals surface area contributed by atoms with Gasteiger partial charge in [0.2, 0.25) is 0 Å². The van der Waals surface area contributed by atoms with Crippen LogP contribution in [0.5, 0.6) is 5.75 Å². The number of alkyl halides is 6. The van der Waals surface area contributed by atoms with E-state index in [0.29, 0.717) is 34.7 Å². The predicted molar refractivity (Wildman–Crippen MR) is 128 cm³/mol. The Hall–Kier alpha value is -4.55. The molecule has 0 aliphatic rings. The molecule has 0 aliphatic heterocycles. The first kappa shape index (κ1) is 27.5. The van der Waals surface area contributed by atoms with E-state index in [9.17, 15) is 31.1 Å². The number of amides is 1. The van der Waals surface area contributed by atoms with Crippen molar-refractivity contribution in [3.05, 3.63) is 90.3 Å². The van der Waals surface area contributed by atoms with E-state index >= 15 is 0 Å². The highest BCUT2D eigenvalue weighted by Gasteiger charge is 2.31. The van der Waals surface area contributed by atoms with E-state index < -0.39 is 30.3 Å². The van der Waals surface area contributed by atoms with Gasteiger partial charge in [-0.3, -0.25) is 5.32 Å². The second-order valence-corrected chi connectivity index (χ2v) is 8.18. The molecule has 1 aromatic heterocycles. The van der Waals surface area contributed by atoms with E-state index in [0.717, 1.165) is 24.3 Å². The number of rotatable bonds is 7. The molecule has 0 aliphatic carbocycles. The molecule has 0 radical (unpaired) electrons. The van der Waals surface area contributed by atoms with Crippen LogP contribution in [0.15, 0.2) is 79.1 Å². The predicted octanol–water partition coefficient (Wildman–Crippen LogP) is 7.55. The molecule has 1 atom stereocenters. The van der Waals surface area contributed by atoms with Crippen LogP contribution in [0.4, 0.5) is 36.8 Å². The van der Waals surface area contributed by atoms with Crippen molar-refractivity contribution in [2.75, 3.05) is 5.32 Å². The molecule has 13 heteroatoms. The third-order valence-electron chi connectivity index (χ3n) is 5.45. The highest BCUT2D eigenvalue weighted by Crippen LogP contribution is 2.31. The average Bonchev–Trinajstić information content (AvgIpc) is 3.37. The zero-order valence-corrected chi connectivity index (χ0v) is 20.1. The molecule has 0 bridgehead atoms. The minimum Gasteiger partial charge on any atom is -0.441 e. The number of nitrogens with one attached hydrogen (secondary N) is 1. The first-order chi connectivity index (χ1) is 18.4. The maximum absolute atomic E-state index is 12.8. The fourth-order valence-electron chi connectivity index (χ4n) is 3.57. The van der Waals surface area contributed by atoms with Crippen LogP contribution in [0.3, 0.4) is 0 Å². The van der Waals surface area contributed by atoms with Crippen molar-refractivity contribution in [1.29, 1.82) is 0 Å². The van der Waals surface area contributed by atoms with Crippen LogP contribution in [0.25, 0.3) is 17.1 Å². The van der Waals surface area contributed by atoms with Gasteiger partial charge in [-0.2, -0.15) is 13.2 Å². The van der Waals surface area contributed by atoms with E-state index in [1.54, 1.807) is 31.2 Å². The molecule has 39 heavy (non-hydrogen) atoms. The maximum Gasteiger partial charge on any atom is 0.573 e. The highest BCUT2D eigenvalue weighted by atomic mass is 19.4. The standard InChI is InChI=1S/C26H20F6N4O3/c1-2-22(16-3-7-18(8-4-16)25(27,28)29)38-24(37)34-19-9-5-17(6-10-19)23-33-15-36(35-23)20-11-13-21(14-12-20)39-26(30,31)32/h3-15,22H,2H2,1H3,(H,34,37). The largest absolute Gasteiger partial charge is 0.573 e. The Morgan fingerprint density at radius 2 is 1.56 bits per heavy atom. The number of carbonyl (C=O) groups excluding carboxylic acids is 1. The van der Waals surface area contributed by atoms with Crippen molar-refractivity contribution in [2.24, 2.45) is 0 Å². The Morgan fingerprint density at radius 3 is 2.13 bits per heavy atom. The Labute approximate surface area is 218 Å². The Morgan fingerprint density at radius 1 is 0.923 bits per heavy atom. The van der Waals surface area contributed by atoms with Crippen molar-refractivity contribution < 1.29 is 40.6 Å². The summed E-state index contributed by atoms with van der Waals surface area (Å²) in [5.41, 5.74) is 1.09. The Balaban J connectivity index is 1.36. The summed E-state index contributed by atoms with van der Waals surface area (Å²) in [6.45, 7) is 1.74. The van der Waals surface area contributed by atoms with Gasteiger partial charge in [0.05, 0.1) is 11.3 Å². The molecule has 1 heterocycles. The minimum atomic E-state index is -4.79. The molecular weight excluding hydrogens is 530 g/mol. The van der Waals surface area contributed by atoms with Gasteiger partial charge >= 0.3 is 18.6 Å². The Kier molecular flexibility index (Phi) is 7.79. The second-order valence-electron chi connectivity index (χ2n) is 8.18. The van der Waals surface area contributed by atoms with Gasteiger partial charge in [-0.25, -0.2) is 14.5 Å². The number of ether oxygens (including phenoxy) is 2. The lowest BCUT2D eigenvalue weighted by atomic mass is 10.0. The van der Waals surface area contributed by atoms with Crippen LogP contribution in [0.1, 0.15) is 30.6 Å². The summed E-state index contributed by atoms with van der Waals surface area (Å²) < 4.78 is 86.0. The number of nitrogens with zero attached hydrogens (tertiary/aromatic N) is 3. The lowest BCUT2D eigenvalue weighted by molar-refractivity contribution is -0.274. The van der Waals surface area contributed by atoms with Crippen LogP contribution in [-0.2, 0) is 10.9 Å². The molecule has 0 spiro atoms. The monoisotopic (exact) mass is 550 g/mol. The Bertz CT molecular complexity index is 1400. The summed E-state index contributed by atoms with van der Waals surface area (Å²) in [5.74, 6) is -0.0362. The summed E-state index contributed by atoms with van der Waals surface area (Å²) in [6, 6.07) is 16.0. The second kappa shape index (κ2) is 11.1. The summed E-state index contributed by atoms with van der Waals surface area (Å²) >= 11 is 0. The molecule has 0 saturated carbocycles. The number of aromatic nitrogens is 3. The number of carbonyl (C=O) groups is 1. The summed E-state index contributed by atoms with van der Waals surface area (Å²) in [6.07, 6.45) is -9.03. The lowest BCUT2D eigenvalue weighted by Gasteiger charge is -2.18. The van der Waals surface area contributed by atoms with Gasteiger partial charge in [0, 0.05) is 11.3 Å². The number of halogens is 6. The van der Waals surface area contributed by atoms with Crippen molar-refractivity contribution in [3.8, 4) is 22.8 Å². The van der Waals surface area contributed by atoms with E-state index in [4.69, 9.17) is 4.74 Å². The van der Waals surface area contributed by atoms with Crippen LogP contribution in [-0.4, -0.2) is 27.2 Å². The molecule has 0 saturated heterocycles. The summed E-state index contributed by atoms with van der Waals surface area (Å²) in [7, 11) is 0. The van der Waals surface area contributed by atoms with Crippen LogP contribution < -0.4 is 10.1 Å². The number of anilines is 1. The van der Waals surface area contributed by atoms with Crippen molar-refractivity contribution in [1.82, 2.24) is 14.8 Å². The first-order valence-electron chi connectivity index (χ1n) is 11.4. The highest BCUT2D eigenvalue weighted by molar-refractivity contribution is 5.85. The maximum atomic E-state index is 12.8. The van der Waals surface area contributed by atoms with Gasteiger partial charge in [0.15, 0.2) is 5.82 Å². The van der Waals surface area contributed by atoms with Crippen molar-refractivity contribution in [2.45, 2.75) is 32.0 Å². The fourth-order valence-corrected chi connectivity index (χ4v) is 3.57. The SMILES string of the molecule is CCC(OC(=O)Nc1ccc(-c2ncn(-c3ccc(OC(F)(F)F)cc3)n2)cc1)c1ccc(C(F)(F)F)cc1. The first-order valence-corrected chi connectivity index (χ1v) is 11.4. The molecule has 3 aromatic carbocycles. The zero-order chi connectivity index (χ0) is 28.2. The minimum absolute atomic E-state index is 0.327. The topological polar surface area (TPSA) is 78.3 Å². The quantitative estimate of drug-likeness (QED) is 0.241. The van der Waals surface area contributed by atoms with E-state index in [1.165, 1.54) is 35.3 Å². The van der Waals surface area contributed by atoms with Gasteiger partial charge in [0.1, 0.15) is 18.2 Å². The van der Waals surface area contributed by atoms with Gasteiger partial charge < -0.3 is 9.47 Å². The third kappa shape index (κ3) is 7.27. The van der Waals surface area contributed by atoms with Crippen LogP contribution in [0.2, 0.25) is 0 Å². The molecule has 4 aromatic rings. The molecular formula is C26H20F6N4O3. The third-order valence-corrected chi connectivity index (χ3v) is 5.45. The molecule has 1 N–H and O–H groups in total. The molecule has 0 fully saturated rings.